The molecule has 5 nitrogen and oxygen atoms in total. The zero-order valence-electron chi connectivity index (χ0n) is 6.87. The van der Waals surface area contributed by atoms with Crippen LogP contribution in [0.5, 0.6) is 0 Å². The standard InChI is InChI=1S/C7H10N2O3/c1-7(2,8)4-3-12-5(9-4)6(10)11/h3H,8H2,1-2H3,(H,10,11). The van der Waals surface area contributed by atoms with Gasteiger partial charge < -0.3 is 15.3 Å². The minimum absolute atomic E-state index is 0.330. The van der Waals surface area contributed by atoms with Crippen LogP contribution in [0.1, 0.15) is 30.2 Å². The molecule has 1 heterocycles. The van der Waals surface area contributed by atoms with Gasteiger partial charge in [0.05, 0.1) is 11.2 Å². The molecule has 1 rings (SSSR count). The molecule has 1 aromatic rings. The Bertz CT molecular complexity index is 298. The molecule has 12 heavy (non-hydrogen) atoms. The Morgan fingerprint density at radius 2 is 2.33 bits per heavy atom. The Balaban J connectivity index is 3.00. The lowest BCUT2D eigenvalue weighted by Gasteiger charge is -2.13. The van der Waals surface area contributed by atoms with Crippen LogP contribution in [0, 0.1) is 0 Å². The van der Waals surface area contributed by atoms with E-state index in [0.29, 0.717) is 5.69 Å². The van der Waals surface area contributed by atoms with Gasteiger partial charge >= 0.3 is 11.9 Å². The van der Waals surface area contributed by atoms with Crippen LogP contribution >= 0.6 is 0 Å². The maximum absolute atomic E-state index is 10.3. The smallest absolute Gasteiger partial charge is 0.392 e. The Hall–Kier alpha value is -1.36. The second-order valence-corrected chi connectivity index (χ2v) is 3.06. The first kappa shape index (κ1) is 8.73. The Morgan fingerprint density at radius 1 is 1.75 bits per heavy atom. The first-order chi connectivity index (χ1) is 5.41. The lowest BCUT2D eigenvalue weighted by atomic mass is 10.0. The fraction of sp³-hybridized carbons (Fsp3) is 0.429. The molecular weight excluding hydrogens is 160 g/mol. The second-order valence-electron chi connectivity index (χ2n) is 3.06. The molecule has 0 aliphatic heterocycles. The predicted octanol–water partition coefficient (Wildman–Crippen LogP) is 0.567. The van der Waals surface area contributed by atoms with Crippen LogP contribution in [0.4, 0.5) is 0 Å². The first-order valence-electron chi connectivity index (χ1n) is 3.39. The van der Waals surface area contributed by atoms with Crippen molar-refractivity contribution in [1.29, 1.82) is 0 Å². The van der Waals surface area contributed by atoms with Gasteiger partial charge in [0, 0.05) is 0 Å². The summed E-state index contributed by atoms with van der Waals surface area (Å²) in [6, 6.07) is 0. The van der Waals surface area contributed by atoms with Crippen molar-refractivity contribution in [1.82, 2.24) is 4.98 Å². The summed E-state index contributed by atoms with van der Waals surface area (Å²) in [4.78, 5) is 14.0. The third-order valence-corrected chi connectivity index (χ3v) is 1.35. The molecule has 0 bridgehead atoms. The Morgan fingerprint density at radius 3 is 2.58 bits per heavy atom. The number of aromatic nitrogens is 1. The van der Waals surface area contributed by atoms with E-state index in [1.807, 2.05) is 0 Å². The molecule has 0 atom stereocenters. The number of oxazole rings is 1. The van der Waals surface area contributed by atoms with Crippen molar-refractivity contribution in [2.75, 3.05) is 0 Å². The van der Waals surface area contributed by atoms with Gasteiger partial charge in [-0.1, -0.05) is 0 Å². The van der Waals surface area contributed by atoms with Crippen LogP contribution in [0.25, 0.3) is 0 Å². The largest absolute Gasteiger partial charge is 0.474 e. The third-order valence-electron chi connectivity index (χ3n) is 1.35. The van der Waals surface area contributed by atoms with Gasteiger partial charge in [-0.3, -0.25) is 0 Å². The van der Waals surface area contributed by atoms with E-state index >= 15 is 0 Å². The quantitative estimate of drug-likeness (QED) is 0.677. The molecule has 0 aliphatic rings. The summed E-state index contributed by atoms with van der Waals surface area (Å²) in [6.45, 7) is 3.44. The van der Waals surface area contributed by atoms with Crippen LogP contribution in [0.2, 0.25) is 0 Å². The van der Waals surface area contributed by atoms with E-state index in [1.54, 1.807) is 13.8 Å². The average molecular weight is 170 g/mol. The van der Waals surface area contributed by atoms with Gasteiger partial charge in [0.2, 0.25) is 0 Å². The van der Waals surface area contributed by atoms with E-state index in [1.165, 1.54) is 6.26 Å². The van der Waals surface area contributed by atoms with Crippen LogP contribution in [0.15, 0.2) is 10.7 Å². The van der Waals surface area contributed by atoms with Crippen LogP contribution < -0.4 is 5.73 Å². The zero-order chi connectivity index (χ0) is 9.35. The number of aromatic carboxylic acids is 1. The van der Waals surface area contributed by atoms with Crippen molar-refractivity contribution in [2.45, 2.75) is 19.4 Å². The number of carbonyl (C=O) groups is 1. The summed E-state index contributed by atoms with van der Waals surface area (Å²) in [7, 11) is 0. The van der Waals surface area contributed by atoms with Crippen molar-refractivity contribution in [2.24, 2.45) is 5.73 Å². The topological polar surface area (TPSA) is 89.3 Å². The number of hydrogen-bond donors (Lipinski definition) is 2. The summed E-state index contributed by atoms with van der Waals surface area (Å²) in [5, 5.41) is 8.47. The fourth-order valence-electron chi connectivity index (χ4n) is 0.668. The number of carboxylic acids is 1. The van der Waals surface area contributed by atoms with E-state index in [2.05, 4.69) is 9.40 Å². The monoisotopic (exact) mass is 170 g/mol. The minimum atomic E-state index is -1.19. The van der Waals surface area contributed by atoms with Gasteiger partial charge in [0.1, 0.15) is 6.26 Å². The molecule has 5 heteroatoms. The number of hydrogen-bond acceptors (Lipinski definition) is 4. The van der Waals surface area contributed by atoms with Crippen molar-refractivity contribution in [3.63, 3.8) is 0 Å². The molecule has 0 fully saturated rings. The Labute approximate surface area is 69.2 Å². The second kappa shape index (κ2) is 2.60. The first-order valence-corrected chi connectivity index (χ1v) is 3.39. The number of carboxylic acid groups (broad SMARTS) is 1. The molecular formula is C7H10N2O3. The van der Waals surface area contributed by atoms with E-state index < -0.39 is 11.5 Å². The van der Waals surface area contributed by atoms with Crippen molar-refractivity contribution < 1.29 is 14.3 Å². The molecule has 0 spiro atoms. The molecule has 0 unspecified atom stereocenters. The fourth-order valence-corrected chi connectivity index (χ4v) is 0.668. The normalized spacial score (nSPS) is 11.6. The third kappa shape index (κ3) is 1.62. The van der Waals surface area contributed by atoms with E-state index in [4.69, 9.17) is 10.8 Å². The SMILES string of the molecule is CC(C)(N)c1coc(C(=O)O)n1. The average Bonchev–Trinajstić information content (AvgIpc) is 2.30. The van der Waals surface area contributed by atoms with Gasteiger partial charge in [0.15, 0.2) is 0 Å². The molecule has 0 saturated heterocycles. The van der Waals surface area contributed by atoms with E-state index in [-0.39, 0.29) is 5.89 Å². The minimum Gasteiger partial charge on any atom is -0.474 e. The van der Waals surface area contributed by atoms with Gasteiger partial charge in [0.25, 0.3) is 0 Å². The van der Waals surface area contributed by atoms with Crippen molar-refractivity contribution in [3.05, 3.63) is 17.8 Å². The van der Waals surface area contributed by atoms with Crippen LogP contribution in [-0.2, 0) is 5.54 Å². The Kier molecular flexibility index (Phi) is 1.89. The predicted molar refractivity (Wildman–Crippen MR) is 40.7 cm³/mol. The van der Waals surface area contributed by atoms with Gasteiger partial charge in [-0.05, 0) is 13.8 Å². The molecule has 3 N–H and O–H groups in total. The number of rotatable bonds is 2. The summed E-state index contributed by atoms with van der Waals surface area (Å²) < 4.78 is 4.66. The molecule has 1 aromatic heterocycles. The van der Waals surface area contributed by atoms with Crippen molar-refractivity contribution >= 4 is 5.97 Å². The molecule has 0 saturated carbocycles. The summed E-state index contributed by atoms with van der Waals surface area (Å²) >= 11 is 0. The summed E-state index contributed by atoms with van der Waals surface area (Å²) in [5.74, 6) is -1.52. The molecule has 0 amide bonds. The van der Waals surface area contributed by atoms with E-state index in [0.717, 1.165) is 0 Å². The van der Waals surface area contributed by atoms with Gasteiger partial charge in [-0.15, -0.1) is 0 Å². The maximum atomic E-state index is 10.3. The lowest BCUT2D eigenvalue weighted by Crippen LogP contribution is -2.29. The molecule has 0 radical (unpaired) electrons. The van der Waals surface area contributed by atoms with E-state index in [9.17, 15) is 4.79 Å². The van der Waals surface area contributed by atoms with Crippen LogP contribution in [0.3, 0.4) is 0 Å². The highest BCUT2D eigenvalue weighted by Crippen LogP contribution is 2.15. The highest BCUT2D eigenvalue weighted by molar-refractivity contribution is 5.82. The molecule has 0 aliphatic carbocycles. The van der Waals surface area contributed by atoms with Crippen molar-refractivity contribution in [3.8, 4) is 0 Å². The zero-order valence-corrected chi connectivity index (χ0v) is 6.87. The van der Waals surface area contributed by atoms with Crippen LogP contribution in [-0.4, -0.2) is 16.1 Å². The highest BCUT2D eigenvalue weighted by Gasteiger charge is 2.21. The summed E-state index contributed by atoms with van der Waals surface area (Å²) in [6.07, 6.45) is 1.25. The number of nitrogens with two attached hydrogens (primary N) is 1. The number of nitrogens with zero attached hydrogens (tertiary/aromatic N) is 1. The van der Waals surface area contributed by atoms with Gasteiger partial charge in [-0.25, -0.2) is 9.78 Å². The highest BCUT2D eigenvalue weighted by atomic mass is 16.4. The lowest BCUT2D eigenvalue weighted by molar-refractivity contribution is 0.0653. The van der Waals surface area contributed by atoms with Gasteiger partial charge in [-0.2, -0.15) is 0 Å². The maximum Gasteiger partial charge on any atom is 0.392 e. The molecule has 0 aromatic carbocycles. The molecule has 66 valence electrons. The summed E-state index contributed by atoms with van der Waals surface area (Å²) in [5.41, 5.74) is 5.42.